The van der Waals surface area contributed by atoms with E-state index in [9.17, 15) is 4.79 Å². The van der Waals surface area contributed by atoms with Crippen molar-refractivity contribution in [3.05, 3.63) is 65.8 Å². The number of rotatable bonds is 7. The third-order valence-corrected chi connectivity index (χ3v) is 2.47. The van der Waals surface area contributed by atoms with Crippen molar-refractivity contribution in [2.75, 3.05) is 0 Å². The average molecular weight is 251 g/mol. The van der Waals surface area contributed by atoms with Crippen molar-refractivity contribution in [3.63, 3.8) is 0 Å². The summed E-state index contributed by atoms with van der Waals surface area (Å²) in [6.45, 7) is 0. The van der Waals surface area contributed by atoms with Crippen LogP contribution in [0.1, 0.15) is 24.8 Å². The van der Waals surface area contributed by atoms with Gasteiger partial charge >= 0.3 is 0 Å². The number of nitriles is 1. The van der Waals surface area contributed by atoms with Crippen LogP contribution in [-0.4, -0.2) is 6.29 Å². The lowest BCUT2D eigenvalue weighted by Gasteiger charge is -1.92. The van der Waals surface area contributed by atoms with E-state index in [0.717, 1.165) is 19.1 Å². The second kappa shape index (κ2) is 9.61. The molecule has 0 atom stereocenters. The van der Waals surface area contributed by atoms with E-state index in [2.05, 4.69) is 30.4 Å². The van der Waals surface area contributed by atoms with Gasteiger partial charge in [-0.05, 0) is 24.5 Å². The van der Waals surface area contributed by atoms with Gasteiger partial charge < -0.3 is 4.79 Å². The zero-order valence-electron chi connectivity index (χ0n) is 10.8. The summed E-state index contributed by atoms with van der Waals surface area (Å²) >= 11 is 0. The number of allylic oxidation sites excluding steroid dienone is 5. The lowest BCUT2D eigenvalue weighted by atomic mass is 10.1. The maximum absolute atomic E-state index is 10.1. The maximum Gasteiger partial charge on any atom is 0.123 e. The summed E-state index contributed by atoms with van der Waals surface area (Å²) in [4.78, 5) is 10.1. The van der Waals surface area contributed by atoms with Gasteiger partial charge in [0.05, 0.1) is 6.07 Å². The van der Waals surface area contributed by atoms with E-state index in [4.69, 9.17) is 5.26 Å². The van der Waals surface area contributed by atoms with Gasteiger partial charge in [0.2, 0.25) is 0 Å². The Labute approximate surface area is 114 Å². The number of benzene rings is 1. The van der Waals surface area contributed by atoms with Crippen molar-refractivity contribution >= 4 is 12.4 Å². The van der Waals surface area contributed by atoms with E-state index in [1.165, 1.54) is 5.56 Å². The van der Waals surface area contributed by atoms with Gasteiger partial charge in [0.15, 0.2) is 0 Å². The largest absolute Gasteiger partial charge is 0.303 e. The van der Waals surface area contributed by atoms with Gasteiger partial charge in [-0.15, -0.1) is 0 Å². The zero-order valence-corrected chi connectivity index (χ0v) is 10.8. The fraction of sp³-hybridized carbons (Fsp3) is 0.176. The van der Waals surface area contributed by atoms with Crippen LogP contribution in [0.4, 0.5) is 0 Å². The summed E-state index contributed by atoms with van der Waals surface area (Å²) in [6, 6.07) is 12.2. The molecule has 19 heavy (non-hydrogen) atoms. The van der Waals surface area contributed by atoms with E-state index in [1.54, 1.807) is 12.2 Å². The van der Waals surface area contributed by atoms with Crippen molar-refractivity contribution in [2.45, 2.75) is 19.3 Å². The van der Waals surface area contributed by atoms with Crippen molar-refractivity contribution < 1.29 is 4.79 Å². The van der Waals surface area contributed by atoms with Gasteiger partial charge in [-0.1, -0.05) is 54.6 Å². The summed E-state index contributed by atoms with van der Waals surface area (Å²) in [7, 11) is 0. The van der Waals surface area contributed by atoms with Crippen LogP contribution < -0.4 is 0 Å². The molecule has 0 saturated carbocycles. The number of carbonyl (C=O) groups excluding carboxylic acids is 1. The molecule has 1 aromatic rings. The van der Waals surface area contributed by atoms with E-state index >= 15 is 0 Å². The Morgan fingerprint density at radius 1 is 1.16 bits per heavy atom. The molecule has 0 aliphatic rings. The molecule has 0 radical (unpaired) electrons. The molecule has 0 spiro atoms. The van der Waals surface area contributed by atoms with E-state index in [0.29, 0.717) is 12.0 Å². The number of hydrogen-bond donors (Lipinski definition) is 0. The Morgan fingerprint density at radius 3 is 2.63 bits per heavy atom. The topological polar surface area (TPSA) is 40.9 Å². The highest BCUT2D eigenvalue weighted by Crippen LogP contribution is 2.05. The van der Waals surface area contributed by atoms with E-state index < -0.39 is 0 Å². The zero-order chi connectivity index (χ0) is 13.8. The van der Waals surface area contributed by atoms with Crippen LogP contribution in [0.15, 0.2) is 60.2 Å². The SMILES string of the molecule is N#CC(/C=C\CC=O)=C/CC/C=C\c1ccccc1. The standard InChI is InChI=1S/C17H17NO/c18-15-17(13-7-8-14-19)12-6-2-5-11-16-9-3-1-4-10-16/h1,3-5,7,9-14H,2,6,8H2/b11-5-,13-7-,17-12+. The quantitative estimate of drug-likeness (QED) is 0.317. The summed E-state index contributed by atoms with van der Waals surface area (Å²) in [6.07, 6.45) is 12.3. The third kappa shape index (κ3) is 6.80. The van der Waals surface area contributed by atoms with Gasteiger partial charge in [-0.3, -0.25) is 0 Å². The van der Waals surface area contributed by atoms with Crippen LogP contribution in [0.25, 0.3) is 6.08 Å². The minimum Gasteiger partial charge on any atom is -0.303 e. The molecule has 0 bridgehead atoms. The van der Waals surface area contributed by atoms with E-state index in [1.807, 2.05) is 24.3 Å². The van der Waals surface area contributed by atoms with Crippen molar-refractivity contribution in [2.24, 2.45) is 0 Å². The first-order valence-corrected chi connectivity index (χ1v) is 6.29. The molecular formula is C17H17NO. The summed E-state index contributed by atoms with van der Waals surface area (Å²) in [5, 5.41) is 8.88. The fourth-order valence-corrected chi connectivity index (χ4v) is 1.52. The van der Waals surface area contributed by atoms with Crippen LogP contribution in [0.3, 0.4) is 0 Å². The molecule has 2 nitrogen and oxygen atoms in total. The smallest absolute Gasteiger partial charge is 0.123 e. The second-order valence-corrected chi connectivity index (χ2v) is 3.97. The normalized spacial score (nSPS) is 11.8. The summed E-state index contributed by atoms with van der Waals surface area (Å²) in [5.41, 5.74) is 1.79. The first-order valence-electron chi connectivity index (χ1n) is 6.29. The van der Waals surface area contributed by atoms with Crippen molar-refractivity contribution in [1.82, 2.24) is 0 Å². The third-order valence-electron chi connectivity index (χ3n) is 2.47. The van der Waals surface area contributed by atoms with Gasteiger partial charge in [-0.25, -0.2) is 0 Å². The lowest BCUT2D eigenvalue weighted by molar-refractivity contribution is -0.107. The van der Waals surface area contributed by atoms with Crippen molar-refractivity contribution in [1.29, 1.82) is 5.26 Å². The Bertz CT molecular complexity index is 504. The van der Waals surface area contributed by atoms with Crippen LogP contribution in [-0.2, 0) is 4.79 Å². The lowest BCUT2D eigenvalue weighted by Crippen LogP contribution is -1.75. The summed E-state index contributed by atoms with van der Waals surface area (Å²) < 4.78 is 0. The Hall–Kier alpha value is -2.40. The highest BCUT2D eigenvalue weighted by Gasteiger charge is 1.88. The molecule has 0 fully saturated rings. The van der Waals surface area contributed by atoms with Gasteiger partial charge in [0.1, 0.15) is 6.29 Å². The monoisotopic (exact) mass is 251 g/mol. The van der Waals surface area contributed by atoms with Crippen LogP contribution >= 0.6 is 0 Å². The van der Waals surface area contributed by atoms with Gasteiger partial charge in [0.25, 0.3) is 0 Å². The maximum atomic E-state index is 10.1. The molecule has 1 aromatic carbocycles. The van der Waals surface area contributed by atoms with Crippen LogP contribution in [0.2, 0.25) is 0 Å². The average Bonchev–Trinajstić information content (AvgIpc) is 2.46. The number of aldehydes is 1. The Morgan fingerprint density at radius 2 is 1.95 bits per heavy atom. The number of hydrogen-bond acceptors (Lipinski definition) is 2. The molecule has 0 N–H and O–H groups in total. The molecule has 0 heterocycles. The Kier molecular flexibility index (Phi) is 7.42. The number of unbranched alkanes of at least 4 members (excludes halogenated alkanes) is 1. The second-order valence-electron chi connectivity index (χ2n) is 3.97. The van der Waals surface area contributed by atoms with Crippen LogP contribution in [0.5, 0.6) is 0 Å². The molecule has 0 saturated heterocycles. The van der Waals surface area contributed by atoms with Crippen molar-refractivity contribution in [3.8, 4) is 6.07 Å². The molecule has 1 rings (SSSR count). The molecule has 96 valence electrons. The molecule has 0 aliphatic heterocycles. The van der Waals surface area contributed by atoms with Gasteiger partial charge in [-0.2, -0.15) is 5.26 Å². The van der Waals surface area contributed by atoms with Gasteiger partial charge in [0, 0.05) is 12.0 Å². The minimum absolute atomic E-state index is 0.354. The Balaban J connectivity index is 2.38. The minimum atomic E-state index is 0.354. The molecule has 0 aromatic heterocycles. The highest BCUT2D eigenvalue weighted by molar-refractivity contribution is 5.52. The van der Waals surface area contributed by atoms with E-state index in [-0.39, 0.29) is 0 Å². The fourth-order valence-electron chi connectivity index (χ4n) is 1.52. The predicted molar refractivity (Wildman–Crippen MR) is 78.2 cm³/mol. The first kappa shape index (κ1) is 14.7. The summed E-state index contributed by atoms with van der Waals surface area (Å²) in [5.74, 6) is 0. The highest BCUT2D eigenvalue weighted by atomic mass is 16.1. The molecule has 0 unspecified atom stereocenters. The molecule has 0 aliphatic carbocycles. The molecule has 2 heteroatoms. The predicted octanol–water partition coefficient (Wildman–Crippen LogP) is 4.08. The first-order chi connectivity index (χ1) is 9.36. The molecular weight excluding hydrogens is 234 g/mol. The molecule has 0 amide bonds. The number of carbonyl (C=O) groups is 1. The van der Waals surface area contributed by atoms with Crippen LogP contribution in [0, 0.1) is 11.3 Å². The number of nitrogens with zero attached hydrogens (tertiary/aromatic N) is 1.